The van der Waals surface area contributed by atoms with E-state index in [0.29, 0.717) is 13.1 Å². The first-order valence-corrected chi connectivity index (χ1v) is 8.59. The Labute approximate surface area is 151 Å². The van der Waals surface area contributed by atoms with Crippen LogP contribution in [0.4, 0.5) is 0 Å². The fourth-order valence-corrected chi connectivity index (χ4v) is 3.16. The van der Waals surface area contributed by atoms with Crippen molar-refractivity contribution < 1.29 is 4.79 Å². The lowest BCUT2D eigenvalue weighted by Gasteiger charge is -2.10. The minimum atomic E-state index is 0.00754. The first kappa shape index (κ1) is 16.1. The van der Waals surface area contributed by atoms with Crippen LogP contribution in [0.15, 0.2) is 73.3 Å². The van der Waals surface area contributed by atoms with Crippen molar-refractivity contribution in [1.29, 1.82) is 0 Å². The van der Waals surface area contributed by atoms with Gasteiger partial charge in [0, 0.05) is 35.8 Å². The number of fused-ring (bicyclic) bond motifs is 1. The van der Waals surface area contributed by atoms with Gasteiger partial charge in [-0.15, -0.1) is 0 Å². The zero-order valence-corrected chi connectivity index (χ0v) is 14.6. The molecular weight excluding hydrogens is 324 g/mol. The summed E-state index contributed by atoms with van der Waals surface area (Å²) in [5.41, 5.74) is 4.29. The predicted octanol–water partition coefficient (Wildman–Crippen LogP) is 3.45. The van der Waals surface area contributed by atoms with Crippen molar-refractivity contribution >= 4 is 16.8 Å². The maximum Gasteiger partial charge on any atom is 0.240 e. The fourth-order valence-electron chi connectivity index (χ4n) is 3.16. The zero-order chi connectivity index (χ0) is 17.9. The number of para-hydroxylation sites is 1. The van der Waals surface area contributed by atoms with Crippen LogP contribution < -0.4 is 5.32 Å². The van der Waals surface area contributed by atoms with Crippen LogP contribution in [-0.4, -0.2) is 20.0 Å². The summed E-state index contributed by atoms with van der Waals surface area (Å²) in [5, 5.41) is 4.16. The molecule has 4 aromatic rings. The van der Waals surface area contributed by atoms with Crippen molar-refractivity contribution in [3.63, 3.8) is 0 Å². The SMILES string of the molecule is Cc1cc2ccccc2n1CC(=O)NCc1ccc(-n2ccnc2)cc1. The van der Waals surface area contributed by atoms with Crippen LogP contribution in [0.1, 0.15) is 11.3 Å². The molecule has 0 aliphatic rings. The van der Waals surface area contributed by atoms with Crippen LogP contribution in [0.3, 0.4) is 0 Å². The van der Waals surface area contributed by atoms with Gasteiger partial charge >= 0.3 is 0 Å². The largest absolute Gasteiger partial charge is 0.350 e. The number of benzene rings is 2. The van der Waals surface area contributed by atoms with Crippen LogP contribution in [-0.2, 0) is 17.9 Å². The zero-order valence-electron chi connectivity index (χ0n) is 14.6. The highest BCUT2D eigenvalue weighted by atomic mass is 16.1. The van der Waals surface area contributed by atoms with E-state index in [2.05, 4.69) is 22.4 Å². The Bertz CT molecular complexity index is 1030. The Morgan fingerprint density at radius 3 is 2.69 bits per heavy atom. The van der Waals surface area contributed by atoms with Crippen LogP contribution in [0.25, 0.3) is 16.6 Å². The van der Waals surface area contributed by atoms with E-state index in [1.54, 1.807) is 12.5 Å². The molecule has 0 atom stereocenters. The maximum atomic E-state index is 12.4. The Balaban J connectivity index is 1.40. The highest BCUT2D eigenvalue weighted by Crippen LogP contribution is 2.19. The van der Waals surface area contributed by atoms with Crippen LogP contribution >= 0.6 is 0 Å². The third-order valence-corrected chi connectivity index (χ3v) is 4.55. The molecule has 0 spiro atoms. The molecule has 5 heteroatoms. The van der Waals surface area contributed by atoms with Gasteiger partial charge in [0.25, 0.3) is 0 Å². The molecule has 0 aliphatic heterocycles. The lowest BCUT2D eigenvalue weighted by Crippen LogP contribution is -2.27. The molecule has 0 aliphatic carbocycles. The third kappa shape index (κ3) is 3.24. The molecule has 0 radical (unpaired) electrons. The normalized spacial score (nSPS) is 11.0. The molecule has 2 heterocycles. The van der Waals surface area contributed by atoms with Crippen molar-refractivity contribution in [2.75, 3.05) is 0 Å². The van der Waals surface area contributed by atoms with Gasteiger partial charge in [-0.25, -0.2) is 4.98 Å². The average molecular weight is 344 g/mol. The topological polar surface area (TPSA) is 51.9 Å². The molecule has 26 heavy (non-hydrogen) atoms. The first-order chi connectivity index (χ1) is 12.7. The number of aryl methyl sites for hydroxylation is 1. The summed E-state index contributed by atoms with van der Waals surface area (Å²) in [5.74, 6) is 0.00754. The van der Waals surface area contributed by atoms with Crippen molar-refractivity contribution in [1.82, 2.24) is 19.4 Å². The highest BCUT2D eigenvalue weighted by molar-refractivity contribution is 5.84. The van der Waals surface area contributed by atoms with E-state index in [0.717, 1.165) is 27.8 Å². The number of nitrogens with zero attached hydrogens (tertiary/aromatic N) is 3. The number of imidazole rings is 1. The Morgan fingerprint density at radius 1 is 1.12 bits per heavy atom. The van der Waals surface area contributed by atoms with Crippen LogP contribution in [0, 0.1) is 6.92 Å². The van der Waals surface area contributed by atoms with Gasteiger partial charge in [-0.1, -0.05) is 30.3 Å². The predicted molar refractivity (Wildman–Crippen MR) is 102 cm³/mol. The summed E-state index contributed by atoms with van der Waals surface area (Å²) in [6.45, 7) is 2.87. The summed E-state index contributed by atoms with van der Waals surface area (Å²) in [6.07, 6.45) is 5.42. The Kier molecular flexibility index (Phi) is 4.27. The number of amides is 1. The van der Waals surface area contributed by atoms with E-state index in [9.17, 15) is 4.79 Å². The number of hydrogen-bond acceptors (Lipinski definition) is 2. The number of rotatable bonds is 5. The Hall–Kier alpha value is -3.34. The number of nitrogens with one attached hydrogen (secondary N) is 1. The van der Waals surface area contributed by atoms with Crippen LogP contribution in [0.5, 0.6) is 0 Å². The van der Waals surface area contributed by atoms with Gasteiger partial charge in [0.05, 0.1) is 6.33 Å². The smallest absolute Gasteiger partial charge is 0.240 e. The van der Waals surface area contributed by atoms with Gasteiger partial charge in [-0.3, -0.25) is 4.79 Å². The summed E-state index contributed by atoms with van der Waals surface area (Å²) in [6, 6.07) is 18.3. The number of carbonyl (C=O) groups is 1. The summed E-state index contributed by atoms with van der Waals surface area (Å²) >= 11 is 0. The fraction of sp³-hybridized carbons (Fsp3) is 0.143. The molecule has 0 saturated carbocycles. The molecule has 0 unspecified atom stereocenters. The maximum absolute atomic E-state index is 12.4. The second-order valence-electron chi connectivity index (χ2n) is 6.34. The van der Waals surface area contributed by atoms with E-state index in [1.165, 1.54) is 0 Å². The second kappa shape index (κ2) is 6.88. The van der Waals surface area contributed by atoms with E-state index in [-0.39, 0.29) is 5.91 Å². The molecule has 130 valence electrons. The van der Waals surface area contributed by atoms with E-state index in [4.69, 9.17) is 0 Å². The second-order valence-corrected chi connectivity index (χ2v) is 6.34. The van der Waals surface area contributed by atoms with Crippen molar-refractivity contribution in [3.8, 4) is 5.69 Å². The van der Waals surface area contributed by atoms with Crippen LogP contribution in [0.2, 0.25) is 0 Å². The lowest BCUT2D eigenvalue weighted by atomic mass is 10.2. The van der Waals surface area contributed by atoms with Gasteiger partial charge in [0.15, 0.2) is 0 Å². The average Bonchev–Trinajstić information content (AvgIpc) is 3.29. The lowest BCUT2D eigenvalue weighted by molar-refractivity contribution is -0.121. The summed E-state index contributed by atoms with van der Waals surface area (Å²) in [7, 11) is 0. The van der Waals surface area contributed by atoms with E-state index < -0.39 is 0 Å². The minimum absolute atomic E-state index is 0.00754. The first-order valence-electron chi connectivity index (χ1n) is 8.59. The van der Waals surface area contributed by atoms with Crippen molar-refractivity contribution in [2.45, 2.75) is 20.0 Å². The van der Waals surface area contributed by atoms with Gasteiger partial charge in [-0.05, 0) is 42.1 Å². The number of hydrogen-bond donors (Lipinski definition) is 1. The molecule has 0 fully saturated rings. The molecule has 5 nitrogen and oxygen atoms in total. The van der Waals surface area contributed by atoms with Gasteiger partial charge in [0.1, 0.15) is 6.54 Å². The van der Waals surface area contributed by atoms with Gasteiger partial charge in [0.2, 0.25) is 5.91 Å². The molecule has 1 amide bonds. The molecular formula is C21H20N4O. The number of aromatic nitrogens is 3. The number of carbonyl (C=O) groups excluding carboxylic acids is 1. The van der Waals surface area contributed by atoms with Crippen molar-refractivity contribution in [2.24, 2.45) is 0 Å². The summed E-state index contributed by atoms with van der Waals surface area (Å²) in [4.78, 5) is 16.4. The molecule has 1 N–H and O–H groups in total. The van der Waals surface area contributed by atoms with Gasteiger partial charge in [-0.2, -0.15) is 0 Å². The Morgan fingerprint density at radius 2 is 1.92 bits per heavy atom. The standard InChI is InChI=1S/C21H20N4O/c1-16-12-18-4-2-3-5-20(18)25(16)14-21(26)23-13-17-6-8-19(9-7-17)24-11-10-22-15-24/h2-12,15H,13-14H2,1H3,(H,23,26). The third-order valence-electron chi connectivity index (χ3n) is 4.55. The molecule has 4 rings (SSSR count). The minimum Gasteiger partial charge on any atom is -0.350 e. The quantitative estimate of drug-likeness (QED) is 0.603. The van der Waals surface area contributed by atoms with Gasteiger partial charge < -0.3 is 14.5 Å². The molecule has 2 aromatic heterocycles. The van der Waals surface area contributed by atoms with Crippen molar-refractivity contribution in [3.05, 3.63) is 84.6 Å². The van der Waals surface area contributed by atoms with E-state index >= 15 is 0 Å². The molecule has 0 bridgehead atoms. The molecule has 2 aromatic carbocycles. The molecule has 0 saturated heterocycles. The highest BCUT2D eigenvalue weighted by Gasteiger charge is 2.09. The van der Waals surface area contributed by atoms with E-state index in [1.807, 2.05) is 64.7 Å². The summed E-state index contributed by atoms with van der Waals surface area (Å²) < 4.78 is 4.00. The monoisotopic (exact) mass is 344 g/mol.